The molecule has 1 aromatic rings. The van der Waals surface area contributed by atoms with Crippen LogP contribution in [0.1, 0.15) is 45.4 Å². The summed E-state index contributed by atoms with van der Waals surface area (Å²) < 4.78 is 5.45. The predicted octanol–water partition coefficient (Wildman–Crippen LogP) is 1.81. The fourth-order valence-electron chi connectivity index (χ4n) is 2.44. The minimum absolute atomic E-state index is 0.300. The molecule has 1 aromatic heterocycles. The summed E-state index contributed by atoms with van der Waals surface area (Å²) in [5.41, 5.74) is -0.658. The van der Waals surface area contributed by atoms with Gasteiger partial charge in [0.15, 0.2) is 0 Å². The molecule has 0 bridgehead atoms. The van der Waals surface area contributed by atoms with E-state index in [-0.39, 0.29) is 0 Å². The maximum absolute atomic E-state index is 10.5. The van der Waals surface area contributed by atoms with Crippen LogP contribution < -0.4 is 15.4 Å². The van der Waals surface area contributed by atoms with E-state index in [2.05, 4.69) is 25.6 Å². The highest BCUT2D eigenvalue weighted by molar-refractivity contribution is 5.35. The Hall–Kier alpha value is -1.63. The largest absolute Gasteiger partial charge is 0.463 e. The van der Waals surface area contributed by atoms with Crippen molar-refractivity contribution in [1.29, 1.82) is 0 Å². The molecular weight excluding hydrogens is 270 g/mol. The monoisotopic (exact) mass is 295 g/mol. The fraction of sp³-hybridized carbons (Fsp3) is 0.786. The topological polar surface area (TPSA) is 92.2 Å². The van der Waals surface area contributed by atoms with Crippen LogP contribution in [0.25, 0.3) is 0 Å². The Labute approximate surface area is 125 Å². The van der Waals surface area contributed by atoms with E-state index in [1.54, 1.807) is 7.05 Å². The van der Waals surface area contributed by atoms with Gasteiger partial charge in [0.2, 0.25) is 11.9 Å². The smallest absolute Gasteiger partial charge is 0.323 e. The fourth-order valence-corrected chi connectivity index (χ4v) is 2.44. The number of nitrogens with zero attached hydrogens (tertiary/aromatic N) is 3. The number of ether oxygens (including phenoxy) is 1. The molecule has 1 aliphatic rings. The molecule has 7 heteroatoms. The maximum Gasteiger partial charge on any atom is 0.323 e. The van der Waals surface area contributed by atoms with Gasteiger partial charge < -0.3 is 20.5 Å². The zero-order valence-corrected chi connectivity index (χ0v) is 12.9. The van der Waals surface area contributed by atoms with E-state index in [4.69, 9.17) is 4.74 Å². The molecule has 0 spiro atoms. The van der Waals surface area contributed by atoms with Gasteiger partial charge in [-0.2, -0.15) is 15.0 Å². The molecule has 3 N–H and O–H groups in total. The minimum atomic E-state index is -0.658. The molecular formula is C14H25N5O2. The molecule has 0 aliphatic heterocycles. The number of anilines is 2. The lowest BCUT2D eigenvalue weighted by Crippen LogP contribution is -2.39. The summed E-state index contributed by atoms with van der Waals surface area (Å²) in [6, 6.07) is 0.300. The normalized spacial score (nSPS) is 17.3. The van der Waals surface area contributed by atoms with Crippen molar-refractivity contribution in [1.82, 2.24) is 15.0 Å². The van der Waals surface area contributed by atoms with E-state index < -0.39 is 5.60 Å². The van der Waals surface area contributed by atoms with Gasteiger partial charge in [0.05, 0.1) is 12.2 Å². The first-order valence-electron chi connectivity index (χ1n) is 7.68. The highest BCUT2D eigenvalue weighted by atomic mass is 16.5. The third kappa shape index (κ3) is 4.70. The van der Waals surface area contributed by atoms with Gasteiger partial charge in [-0.05, 0) is 19.3 Å². The van der Waals surface area contributed by atoms with E-state index in [0.717, 1.165) is 32.1 Å². The first kappa shape index (κ1) is 15.8. The first-order chi connectivity index (χ1) is 10.1. The maximum atomic E-state index is 10.5. The average molecular weight is 295 g/mol. The Morgan fingerprint density at radius 3 is 2.52 bits per heavy atom. The van der Waals surface area contributed by atoms with Gasteiger partial charge >= 0.3 is 6.01 Å². The Morgan fingerprint density at radius 1 is 1.14 bits per heavy atom. The summed E-state index contributed by atoms with van der Waals surface area (Å²) >= 11 is 0. The summed E-state index contributed by atoms with van der Waals surface area (Å²) in [6.45, 7) is 3.04. The second kappa shape index (κ2) is 7.40. The van der Waals surface area contributed by atoms with Crippen molar-refractivity contribution in [2.75, 3.05) is 30.8 Å². The van der Waals surface area contributed by atoms with Gasteiger partial charge in [0.1, 0.15) is 0 Å². The lowest BCUT2D eigenvalue weighted by atomic mass is 9.85. The lowest BCUT2D eigenvalue weighted by Gasteiger charge is -2.32. The molecule has 0 radical (unpaired) electrons. The second-order valence-electron chi connectivity index (χ2n) is 5.50. The van der Waals surface area contributed by atoms with Crippen LogP contribution in [0.2, 0.25) is 0 Å². The van der Waals surface area contributed by atoms with Gasteiger partial charge in [-0.1, -0.05) is 26.2 Å². The summed E-state index contributed by atoms with van der Waals surface area (Å²) in [7, 11) is 1.75. The van der Waals surface area contributed by atoms with Gasteiger partial charge in [0, 0.05) is 13.6 Å². The highest BCUT2D eigenvalue weighted by Crippen LogP contribution is 2.28. The zero-order valence-electron chi connectivity index (χ0n) is 12.9. The van der Waals surface area contributed by atoms with E-state index in [0.29, 0.717) is 31.1 Å². The SMILES string of the molecule is CCCOc1nc(NC)nc(NCC2(O)CCCCC2)n1. The number of aliphatic hydroxyl groups is 1. The molecule has 118 valence electrons. The summed E-state index contributed by atoms with van der Waals surface area (Å²) in [4.78, 5) is 12.6. The van der Waals surface area contributed by atoms with Crippen LogP contribution in [0.4, 0.5) is 11.9 Å². The molecule has 2 rings (SSSR count). The molecule has 0 saturated heterocycles. The van der Waals surface area contributed by atoms with Crippen molar-refractivity contribution in [3.8, 4) is 6.01 Å². The van der Waals surface area contributed by atoms with E-state index in [9.17, 15) is 5.11 Å². The molecule has 1 saturated carbocycles. The van der Waals surface area contributed by atoms with Crippen LogP contribution >= 0.6 is 0 Å². The summed E-state index contributed by atoms with van der Waals surface area (Å²) in [5.74, 6) is 0.883. The van der Waals surface area contributed by atoms with E-state index >= 15 is 0 Å². The van der Waals surface area contributed by atoms with Crippen LogP contribution in [-0.2, 0) is 0 Å². The minimum Gasteiger partial charge on any atom is -0.463 e. The van der Waals surface area contributed by atoms with Gasteiger partial charge in [-0.15, -0.1) is 0 Å². The Bertz CT molecular complexity index is 449. The molecule has 21 heavy (non-hydrogen) atoms. The molecule has 7 nitrogen and oxygen atoms in total. The van der Waals surface area contributed by atoms with Crippen molar-refractivity contribution in [3.63, 3.8) is 0 Å². The molecule has 1 aliphatic carbocycles. The third-order valence-corrected chi connectivity index (χ3v) is 3.63. The highest BCUT2D eigenvalue weighted by Gasteiger charge is 2.29. The zero-order chi connectivity index (χ0) is 15.1. The van der Waals surface area contributed by atoms with Crippen LogP contribution in [0, 0.1) is 0 Å². The molecule has 1 heterocycles. The number of rotatable bonds is 7. The average Bonchev–Trinajstić information content (AvgIpc) is 2.51. The quantitative estimate of drug-likeness (QED) is 0.706. The Kier molecular flexibility index (Phi) is 5.55. The van der Waals surface area contributed by atoms with Gasteiger partial charge in [0.25, 0.3) is 0 Å². The molecule has 0 amide bonds. The third-order valence-electron chi connectivity index (χ3n) is 3.63. The Morgan fingerprint density at radius 2 is 1.86 bits per heavy atom. The van der Waals surface area contributed by atoms with Crippen molar-refractivity contribution in [3.05, 3.63) is 0 Å². The van der Waals surface area contributed by atoms with Gasteiger partial charge in [-0.3, -0.25) is 0 Å². The van der Waals surface area contributed by atoms with Gasteiger partial charge in [-0.25, -0.2) is 0 Å². The molecule has 0 atom stereocenters. The summed E-state index contributed by atoms with van der Waals surface area (Å²) in [6.07, 6.45) is 5.88. The van der Waals surface area contributed by atoms with Crippen molar-refractivity contribution in [2.45, 2.75) is 51.0 Å². The number of aromatic nitrogens is 3. The van der Waals surface area contributed by atoms with E-state index in [1.807, 2.05) is 6.92 Å². The van der Waals surface area contributed by atoms with Crippen LogP contribution in [0.5, 0.6) is 6.01 Å². The van der Waals surface area contributed by atoms with Crippen molar-refractivity contribution in [2.24, 2.45) is 0 Å². The molecule has 1 fully saturated rings. The van der Waals surface area contributed by atoms with Crippen molar-refractivity contribution < 1.29 is 9.84 Å². The van der Waals surface area contributed by atoms with Crippen LogP contribution in [0.15, 0.2) is 0 Å². The second-order valence-corrected chi connectivity index (χ2v) is 5.50. The van der Waals surface area contributed by atoms with Crippen molar-refractivity contribution >= 4 is 11.9 Å². The van der Waals surface area contributed by atoms with Crippen LogP contribution in [0.3, 0.4) is 0 Å². The number of hydrogen-bond acceptors (Lipinski definition) is 7. The first-order valence-corrected chi connectivity index (χ1v) is 7.68. The number of nitrogens with one attached hydrogen (secondary N) is 2. The lowest BCUT2D eigenvalue weighted by molar-refractivity contribution is 0.0165. The van der Waals surface area contributed by atoms with Crippen LogP contribution in [-0.4, -0.2) is 45.9 Å². The standard InChI is InChI=1S/C14H25N5O2/c1-3-9-21-13-18-11(15-2)17-12(19-13)16-10-14(20)7-5-4-6-8-14/h20H,3-10H2,1-2H3,(H2,15,16,17,18,19). The Balaban J connectivity index is 2.00. The summed E-state index contributed by atoms with van der Waals surface area (Å²) in [5, 5.41) is 16.5. The van der Waals surface area contributed by atoms with E-state index in [1.165, 1.54) is 6.42 Å². The predicted molar refractivity (Wildman–Crippen MR) is 81.7 cm³/mol. The molecule has 0 aromatic carbocycles. The number of hydrogen-bond donors (Lipinski definition) is 3. The molecule has 0 unspecified atom stereocenters.